The van der Waals surface area contributed by atoms with Crippen molar-refractivity contribution in [3.05, 3.63) is 23.3 Å². The summed E-state index contributed by atoms with van der Waals surface area (Å²) in [6.45, 7) is 1.92. The molecule has 0 saturated carbocycles. The van der Waals surface area contributed by atoms with E-state index >= 15 is 0 Å². The second-order valence-electron chi connectivity index (χ2n) is 3.45. The molecule has 78 valence electrons. The summed E-state index contributed by atoms with van der Waals surface area (Å²) in [4.78, 5) is 27.6. The molecule has 3 nitrogen and oxygen atoms in total. The van der Waals surface area contributed by atoms with Gasteiger partial charge in [0.15, 0.2) is 11.6 Å². The Hall–Kier alpha value is -1.16. The molecule has 0 radical (unpaired) electrons. The number of ketones is 2. The van der Waals surface area contributed by atoms with Crippen molar-refractivity contribution in [1.82, 2.24) is 0 Å². The first-order valence-corrected chi connectivity index (χ1v) is 5.85. The lowest BCUT2D eigenvalue weighted by atomic mass is 9.98. The molecule has 0 N–H and O–H groups in total. The lowest BCUT2D eigenvalue weighted by molar-refractivity contribution is -0.120. The molecule has 15 heavy (non-hydrogen) atoms. The summed E-state index contributed by atoms with van der Waals surface area (Å²) in [6.07, 6.45) is 4.43. The van der Waals surface area contributed by atoms with Gasteiger partial charge in [-0.15, -0.1) is 11.8 Å². The number of Topliss-reactive ketones (excluding diaryl/α,β-unsaturated/α-hetero) is 2. The van der Waals surface area contributed by atoms with Gasteiger partial charge in [-0.1, -0.05) is 6.92 Å². The molecule has 2 heterocycles. The Morgan fingerprint density at radius 2 is 2.40 bits per heavy atom. The maximum Gasteiger partial charge on any atom is 0.187 e. The van der Waals surface area contributed by atoms with Crippen molar-refractivity contribution in [2.75, 3.05) is 0 Å². The molecule has 0 bridgehead atoms. The first kappa shape index (κ1) is 10.4. The van der Waals surface area contributed by atoms with Crippen LogP contribution in [0.25, 0.3) is 0 Å². The Balaban J connectivity index is 2.24. The average molecular weight is 221 g/mol. The summed E-state index contributed by atoms with van der Waals surface area (Å²) in [5.41, 5.74) is 1.03. The maximum atomic E-state index is 11.9. The number of aliphatic imine (C=N–C) groups is 1. The lowest BCUT2D eigenvalue weighted by Gasteiger charge is -2.14. The topological polar surface area (TPSA) is 46.5 Å². The van der Waals surface area contributed by atoms with Crippen LogP contribution in [0.2, 0.25) is 0 Å². The van der Waals surface area contributed by atoms with E-state index in [1.54, 1.807) is 0 Å². The number of carbonyl (C=O) groups is 2. The van der Waals surface area contributed by atoms with Crippen molar-refractivity contribution in [3.63, 3.8) is 0 Å². The zero-order valence-electron chi connectivity index (χ0n) is 8.40. The van der Waals surface area contributed by atoms with Crippen LogP contribution < -0.4 is 0 Å². The molecule has 0 saturated heterocycles. The molecule has 0 spiro atoms. The van der Waals surface area contributed by atoms with Crippen LogP contribution in [-0.4, -0.2) is 22.5 Å². The molecule has 2 aliphatic rings. The number of thioether (sulfide) groups is 1. The fourth-order valence-electron chi connectivity index (χ4n) is 1.57. The minimum absolute atomic E-state index is 0.0854. The first-order valence-electron chi connectivity index (χ1n) is 4.91. The SMILES string of the molecule is CCCC(=O)C1=CN=C2C=CSC2C1=O. The van der Waals surface area contributed by atoms with E-state index in [0.717, 1.165) is 12.1 Å². The van der Waals surface area contributed by atoms with E-state index < -0.39 is 0 Å². The van der Waals surface area contributed by atoms with Gasteiger partial charge in [-0.25, -0.2) is 0 Å². The Labute approximate surface area is 92.3 Å². The molecule has 1 atom stereocenters. The molecule has 0 aromatic carbocycles. The number of rotatable bonds is 3. The summed E-state index contributed by atoms with van der Waals surface area (Å²) in [6, 6.07) is 0. The molecule has 0 aromatic rings. The van der Waals surface area contributed by atoms with Gasteiger partial charge < -0.3 is 0 Å². The van der Waals surface area contributed by atoms with Crippen molar-refractivity contribution >= 4 is 29.0 Å². The van der Waals surface area contributed by atoms with Crippen molar-refractivity contribution < 1.29 is 9.59 Å². The quantitative estimate of drug-likeness (QED) is 0.684. The molecule has 0 fully saturated rings. The molecular formula is C11H11NO2S. The largest absolute Gasteiger partial charge is 0.294 e. The van der Waals surface area contributed by atoms with E-state index in [4.69, 9.17) is 0 Å². The van der Waals surface area contributed by atoms with Gasteiger partial charge >= 0.3 is 0 Å². The highest BCUT2D eigenvalue weighted by atomic mass is 32.2. The van der Waals surface area contributed by atoms with Gasteiger partial charge in [-0.2, -0.15) is 0 Å². The van der Waals surface area contributed by atoms with Crippen LogP contribution in [0.1, 0.15) is 19.8 Å². The predicted octanol–water partition coefficient (Wildman–Crippen LogP) is 1.89. The number of fused-ring (bicyclic) bond motifs is 1. The summed E-state index contributed by atoms with van der Waals surface area (Å²) in [5, 5.41) is 1.58. The average Bonchev–Trinajstić information content (AvgIpc) is 2.67. The third-order valence-electron chi connectivity index (χ3n) is 2.35. The zero-order valence-corrected chi connectivity index (χ0v) is 9.21. The lowest BCUT2D eigenvalue weighted by Crippen LogP contribution is -2.30. The number of hydrogen-bond acceptors (Lipinski definition) is 4. The summed E-state index contributed by atoms with van der Waals surface area (Å²) >= 11 is 1.42. The van der Waals surface area contributed by atoms with Crippen molar-refractivity contribution in [3.8, 4) is 0 Å². The van der Waals surface area contributed by atoms with Gasteiger partial charge in [0.25, 0.3) is 0 Å². The molecule has 2 rings (SSSR count). The normalized spacial score (nSPS) is 23.5. The summed E-state index contributed by atoms with van der Waals surface area (Å²) in [5.74, 6) is -0.175. The summed E-state index contributed by atoms with van der Waals surface area (Å²) in [7, 11) is 0. The monoisotopic (exact) mass is 221 g/mol. The first-order chi connectivity index (χ1) is 7.24. The van der Waals surface area contributed by atoms with Crippen LogP contribution in [0.5, 0.6) is 0 Å². The third-order valence-corrected chi connectivity index (χ3v) is 3.37. The van der Waals surface area contributed by atoms with Crippen molar-refractivity contribution in [2.45, 2.75) is 25.0 Å². The van der Waals surface area contributed by atoms with Gasteiger partial charge in [0, 0.05) is 12.6 Å². The fraction of sp³-hybridized carbons (Fsp3) is 0.364. The van der Waals surface area contributed by atoms with Gasteiger partial charge in [0.05, 0.1) is 11.3 Å². The predicted molar refractivity (Wildman–Crippen MR) is 61.0 cm³/mol. The van der Waals surface area contributed by atoms with Crippen LogP contribution in [0, 0.1) is 0 Å². The maximum absolute atomic E-state index is 11.9. The minimum Gasteiger partial charge on any atom is -0.294 e. The highest BCUT2D eigenvalue weighted by molar-refractivity contribution is 8.04. The van der Waals surface area contributed by atoms with E-state index in [9.17, 15) is 9.59 Å². The van der Waals surface area contributed by atoms with Gasteiger partial charge in [0.1, 0.15) is 5.25 Å². The highest BCUT2D eigenvalue weighted by Gasteiger charge is 2.33. The Kier molecular flexibility index (Phi) is 2.86. The fourth-order valence-corrected chi connectivity index (χ4v) is 2.47. The van der Waals surface area contributed by atoms with Crippen LogP contribution in [-0.2, 0) is 9.59 Å². The Bertz CT molecular complexity index is 407. The van der Waals surface area contributed by atoms with Gasteiger partial charge in [-0.3, -0.25) is 14.6 Å². The van der Waals surface area contributed by atoms with Crippen LogP contribution in [0.4, 0.5) is 0 Å². The van der Waals surface area contributed by atoms with Gasteiger partial charge in [-0.05, 0) is 17.9 Å². The molecule has 2 aliphatic heterocycles. The second-order valence-corrected chi connectivity index (χ2v) is 4.47. The number of nitrogens with zero attached hydrogens (tertiary/aromatic N) is 1. The number of allylic oxidation sites excluding steroid dienone is 2. The van der Waals surface area contributed by atoms with Crippen LogP contribution in [0.3, 0.4) is 0 Å². The number of carbonyl (C=O) groups excluding carboxylic acids is 2. The van der Waals surface area contributed by atoms with Crippen LogP contribution in [0.15, 0.2) is 28.2 Å². The molecule has 0 aromatic heterocycles. The second kappa shape index (κ2) is 4.14. The van der Waals surface area contributed by atoms with Crippen LogP contribution >= 0.6 is 11.8 Å². The zero-order chi connectivity index (χ0) is 10.8. The minimum atomic E-state index is -0.272. The summed E-state index contributed by atoms with van der Waals surface area (Å²) < 4.78 is 0. The van der Waals surface area contributed by atoms with E-state index in [1.165, 1.54) is 18.0 Å². The Morgan fingerprint density at radius 3 is 3.13 bits per heavy atom. The molecular weight excluding hydrogens is 210 g/mol. The smallest absolute Gasteiger partial charge is 0.187 e. The molecule has 4 heteroatoms. The Morgan fingerprint density at radius 1 is 1.60 bits per heavy atom. The van der Waals surface area contributed by atoms with E-state index in [1.807, 2.05) is 18.4 Å². The highest BCUT2D eigenvalue weighted by Crippen LogP contribution is 2.29. The molecule has 0 amide bonds. The van der Waals surface area contributed by atoms with Gasteiger partial charge in [0.2, 0.25) is 0 Å². The standard InChI is InChI=1S/C11H11NO2S/c1-2-3-9(13)7-6-12-8-4-5-15-11(8)10(7)14/h4-6,11H,2-3H2,1H3. The van der Waals surface area contributed by atoms with E-state index in [0.29, 0.717) is 6.42 Å². The molecule has 0 aliphatic carbocycles. The number of hydrogen-bond donors (Lipinski definition) is 0. The van der Waals surface area contributed by atoms with Crippen molar-refractivity contribution in [2.24, 2.45) is 4.99 Å². The van der Waals surface area contributed by atoms with E-state index in [2.05, 4.69) is 4.99 Å². The molecule has 1 unspecified atom stereocenters. The third kappa shape index (κ3) is 1.81. The van der Waals surface area contributed by atoms with E-state index in [-0.39, 0.29) is 22.4 Å². The van der Waals surface area contributed by atoms with Crippen molar-refractivity contribution in [1.29, 1.82) is 0 Å².